The molecule has 0 saturated heterocycles. The van der Waals surface area contributed by atoms with Crippen LogP contribution in [0.25, 0.3) is 11.0 Å². The van der Waals surface area contributed by atoms with Crippen molar-refractivity contribution in [1.82, 2.24) is 14.5 Å². The highest BCUT2D eigenvalue weighted by molar-refractivity contribution is 6.30. The van der Waals surface area contributed by atoms with Crippen LogP contribution >= 0.6 is 11.6 Å². The Morgan fingerprint density at radius 2 is 1.92 bits per heavy atom. The fourth-order valence-corrected chi connectivity index (χ4v) is 2.89. The van der Waals surface area contributed by atoms with Crippen LogP contribution < -0.4 is 0 Å². The average molecular weight is 342 g/mol. The molecular formula is C19H20ClN3O. The molecule has 124 valence electrons. The highest BCUT2D eigenvalue weighted by atomic mass is 35.5. The number of hydrogen-bond donors (Lipinski definition) is 0. The van der Waals surface area contributed by atoms with Gasteiger partial charge in [0.25, 0.3) is 0 Å². The van der Waals surface area contributed by atoms with E-state index in [1.165, 1.54) is 0 Å². The molecule has 1 unspecified atom stereocenters. The third-order valence-corrected chi connectivity index (χ3v) is 4.67. The summed E-state index contributed by atoms with van der Waals surface area (Å²) >= 11 is 5.92. The van der Waals surface area contributed by atoms with Gasteiger partial charge in [-0.3, -0.25) is 4.79 Å². The first-order valence-electron chi connectivity index (χ1n) is 7.97. The van der Waals surface area contributed by atoms with Crippen molar-refractivity contribution in [2.75, 3.05) is 7.05 Å². The molecule has 0 bridgehead atoms. The highest BCUT2D eigenvalue weighted by Gasteiger charge is 2.17. The van der Waals surface area contributed by atoms with Gasteiger partial charge < -0.3 is 9.47 Å². The Morgan fingerprint density at radius 1 is 1.21 bits per heavy atom. The second-order valence-corrected chi connectivity index (χ2v) is 6.35. The van der Waals surface area contributed by atoms with Crippen LogP contribution in [0.1, 0.15) is 24.9 Å². The molecule has 24 heavy (non-hydrogen) atoms. The lowest BCUT2D eigenvalue weighted by molar-refractivity contribution is -0.132. The molecule has 0 radical (unpaired) electrons. The van der Waals surface area contributed by atoms with Gasteiger partial charge in [0.05, 0.1) is 23.4 Å². The SMILES string of the molecule is CC(c1ccc(Cl)cc1)N(C)C(=O)CCn1cnc2ccccc21. The quantitative estimate of drug-likeness (QED) is 0.694. The average Bonchev–Trinajstić information content (AvgIpc) is 3.02. The number of carbonyl (C=O) groups excluding carboxylic acids is 1. The van der Waals surface area contributed by atoms with Gasteiger partial charge in [0, 0.05) is 25.0 Å². The number of rotatable bonds is 5. The van der Waals surface area contributed by atoms with Crippen LogP contribution in [0.3, 0.4) is 0 Å². The van der Waals surface area contributed by atoms with Gasteiger partial charge in [-0.15, -0.1) is 0 Å². The number of imidazole rings is 1. The van der Waals surface area contributed by atoms with Gasteiger partial charge in [0.1, 0.15) is 0 Å². The number of amides is 1. The molecule has 2 aromatic carbocycles. The van der Waals surface area contributed by atoms with Gasteiger partial charge in [-0.25, -0.2) is 4.98 Å². The molecule has 0 fully saturated rings. The molecule has 3 aromatic rings. The zero-order valence-electron chi connectivity index (χ0n) is 13.8. The molecule has 0 saturated carbocycles. The van der Waals surface area contributed by atoms with E-state index in [1.807, 2.05) is 67.1 Å². The van der Waals surface area contributed by atoms with Crippen molar-refractivity contribution < 1.29 is 4.79 Å². The lowest BCUT2D eigenvalue weighted by Crippen LogP contribution is -2.30. The van der Waals surface area contributed by atoms with Crippen LogP contribution in [0.5, 0.6) is 0 Å². The minimum atomic E-state index is 0.00861. The van der Waals surface area contributed by atoms with Gasteiger partial charge in [0.15, 0.2) is 0 Å². The number of hydrogen-bond acceptors (Lipinski definition) is 2. The van der Waals surface area contributed by atoms with Crippen LogP contribution in [0, 0.1) is 0 Å². The molecule has 1 amide bonds. The third kappa shape index (κ3) is 3.44. The van der Waals surface area contributed by atoms with Crippen molar-refractivity contribution in [2.24, 2.45) is 0 Å². The molecule has 0 spiro atoms. The van der Waals surface area contributed by atoms with Gasteiger partial charge in [-0.05, 0) is 36.8 Å². The zero-order valence-corrected chi connectivity index (χ0v) is 14.6. The van der Waals surface area contributed by atoms with Gasteiger partial charge in [0.2, 0.25) is 5.91 Å². The summed E-state index contributed by atoms with van der Waals surface area (Å²) < 4.78 is 2.02. The number of benzene rings is 2. The van der Waals surface area contributed by atoms with Crippen molar-refractivity contribution >= 4 is 28.5 Å². The molecule has 1 aromatic heterocycles. The van der Waals surface area contributed by atoms with Crippen molar-refractivity contribution in [3.63, 3.8) is 0 Å². The summed E-state index contributed by atoms with van der Waals surface area (Å²) in [6, 6.07) is 15.6. The molecular weight excluding hydrogens is 322 g/mol. The zero-order chi connectivity index (χ0) is 17.1. The number of halogens is 1. The molecule has 0 aliphatic rings. The maximum atomic E-state index is 12.5. The standard InChI is InChI=1S/C19H20ClN3O/c1-14(15-7-9-16(20)10-8-15)22(2)19(24)11-12-23-13-21-17-5-3-4-6-18(17)23/h3-10,13-14H,11-12H2,1-2H3. The highest BCUT2D eigenvalue weighted by Crippen LogP contribution is 2.21. The summed E-state index contributed by atoms with van der Waals surface area (Å²) in [5.74, 6) is 0.107. The van der Waals surface area contributed by atoms with Crippen molar-refractivity contribution in [3.8, 4) is 0 Å². The Bertz CT molecular complexity index is 841. The van der Waals surface area contributed by atoms with E-state index >= 15 is 0 Å². The molecule has 3 rings (SSSR count). The molecule has 1 atom stereocenters. The van der Waals surface area contributed by atoms with Crippen molar-refractivity contribution in [2.45, 2.75) is 25.9 Å². The molecule has 0 N–H and O–H groups in total. The summed E-state index contributed by atoms with van der Waals surface area (Å²) in [5, 5.41) is 0.701. The second kappa shape index (κ2) is 7.05. The van der Waals surface area contributed by atoms with Crippen LogP contribution in [0.2, 0.25) is 5.02 Å². The number of nitrogens with zero attached hydrogens (tertiary/aromatic N) is 3. The predicted octanol–water partition coefficient (Wildman–Crippen LogP) is 4.30. The molecule has 1 heterocycles. The summed E-state index contributed by atoms with van der Waals surface area (Å²) in [7, 11) is 1.84. The molecule has 5 heteroatoms. The second-order valence-electron chi connectivity index (χ2n) is 5.91. The fourth-order valence-electron chi connectivity index (χ4n) is 2.76. The van der Waals surface area contributed by atoms with Crippen LogP contribution in [0.4, 0.5) is 0 Å². The first-order valence-corrected chi connectivity index (χ1v) is 8.35. The number of fused-ring (bicyclic) bond motifs is 1. The van der Waals surface area contributed by atoms with E-state index in [1.54, 1.807) is 11.2 Å². The van der Waals surface area contributed by atoms with Gasteiger partial charge >= 0.3 is 0 Å². The van der Waals surface area contributed by atoms with E-state index in [0.29, 0.717) is 18.0 Å². The summed E-state index contributed by atoms with van der Waals surface area (Å²) in [4.78, 5) is 18.7. The maximum absolute atomic E-state index is 12.5. The van der Waals surface area contributed by atoms with Crippen molar-refractivity contribution in [1.29, 1.82) is 0 Å². The predicted molar refractivity (Wildman–Crippen MR) is 97.0 cm³/mol. The Hall–Kier alpha value is -2.33. The van der Waals surface area contributed by atoms with Gasteiger partial charge in [-0.2, -0.15) is 0 Å². The Labute approximate surface area is 146 Å². The van der Waals surface area contributed by atoms with E-state index in [9.17, 15) is 4.79 Å². The van der Waals surface area contributed by atoms with E-state index in [0.717, 1.165) is 16.6 Å². The molecule has 0 aliphatic heterocycles. The van der Waals surface area contributed by atoms with Gasteiger partial charge in [-0.1, -0.05) is 35.9 Å². The van der Waals surface area contributed by atoms with E-state index in [2.05, 4.69) is 4.98 Å². The first kappa shape index (κ1) is 16.5. The summed E-state index contributed by atoms with van der Waals surface area (Å²) in [6.45, 7) is 2.64. The number of carbonyl (C=O) groups is 1. The Kier molecular flexibility index (Phi) is 4.86. The Morgan fingerprint density at radius 3 is 2.67 bits per heavy atom. The van der Waals surface area contributed by atoms with Crippen molar-refractivity contribution in [3.05, 3.63) is 65.4 Å². The Balaban J connectivity index is 1.64. The summed E-state index contributed by atoms with van der Waals surface area (Å²) in [6.07, 6.45) is 2.23. The summed E-state index contributed by atoms with van der Waals surface area (Å²) in [5.41, 5.74) is 3.08. The number of para-hydroxylation sites is 2. The number of aromatic nitrogens is 2. The lowest BCUT2D eigenvalue weighted by atomic mass is 10.1. The topological polar surface area (TPSA) is 38.1 Å². The lowest BCUT2D eigenvalue weighted by Gasteiger charge is -2.25. The van der Waals surface area contributed by atoms with E-state index < -0.39 is 0 Å². The fraction of sp³-hybridized carbons (Fsp3) is 0.263. The number of aryl methyl sites for hydroxylation is 1. The minimum absolute atomic E-state index is 0.00861. The molecule has 0 aliphatic carbocycles. The van der Waals surface area contributed by atoms with E-state index in [4.69, 9.17) is 11.6 Å². The normalized spacial score (nSPS) is 12.3. The molecule has 4 nitrogen and oxygen atoms in total. The smallest absolute Gasteiger partial charge is 0.224 e. The largest absolute Gasteiger partial charge is 0.339 e. The van der Waals surface area contributed by atoms with Crippen LogP contribution in [0.15, 0.2) is 54.9 Å². The maximum Gasteiger partial charge on any atom is 0.224 e. The van der Waals surface area contributed by atoms with E-state index in [-0.39, 0.29) is 11.9 Å². The van der Waals surface area contributed by atoms with Crippen LogP contribution in [-0.2, 0) is 11.3 Å². The minimum Gasteiger partial charge on any atom is -0.339 e. The van der Waals surface area contributed by atoms with Crippen LogP contribution in [-0.4, -0.2) is 27.4 Å². The first-order chi connectivity index (χ1) is 11.6. The monoisotopic (exact) mass is 341 g/mol. The third-order valence-electron chi connectivity index (χ3n) is 4.42.